The summed E-state index contributed by atoms with van der Waals surface area (Å²) in [5, 5.41) is 0. The Bertz CT molecular complexity index is 593. The number of aliphatic imine (C=N–C) groups is 1. The predicted molar refractivity (Wildman–Crippen MR) is 85.5 cm³/mol. The van der Waals surface area contributed by atoms with Crippen molar-refractivity contribution in [3.05, 3.63) is 34.4 Å². The van der Waals surface area contributed by atoms with E-state index < -0.39 is 6.17 Å². The van der Waals surface area contributed by atoms with Crippen molar-refractivity contribution in [1.82, 2.24) is 4.90 Å². The van der Waals surface area contributed by atoms with Gasteiger partial charge in [-0.2, -0.15) is 0 Å². The highest BCUT2D eigenvalue weighted by Gasteiger charge is 2.35. The van der Waals surface area contributed by atoms with Crippen LogP contribution in [0.2, 0.25) is 0 Å². The summed E-state index contributed by atoms with van der Waals surface area (Å²) in [4.78, 5) is 6.65. The van der Waals surface area contributed by atoms with Crippen molar-refractivity contribution in [2.24, 2.45) is 4.99 Å². The van der Waals surface area contributed by atoms with E-state index in [0.717, 1.165) is 32.5 Å². The lowest BCUT2D eigenvalue weighted by Gasteiger charge is -2.36. The first kappa shape index (κ1) is 14.3. The zero-order chi connectivity index (χ0) is 15.1. The van der Waals surface area contributed by atoms with Gasteiger partial charge in [0.05, 0.1) is 25.8 Å². The molecule has 3 aliphatic heterocycles. The van der Waals surface area contributed by atoms with E-state index in [1.54, 1.807) is 0 Å². The van der Waals surface area contributed by atoms with E-state index in [0.29, 0.717) is 12.5 Å². The minimum atomic E-state index is -0.810. The summed E-state index contributed by atoms with van der Waals surface area (Å²) in [5.74, 6) is 0.600. The molecule has 22 heavy (non-hydrogen) atoms. The molecule has 0 aliphatic carbocycles. The second-order valence-corrected chi connectivity index (χ2v) is 6.81. The van der Waals surface area contributed by atoms with Gasteiger partial charge in [-0.1, -0.05) is 6.07 Å². The molecule has 2 atom stereocenters. The average molecular weight is 302 g/mol. The molecule has 0 bridgehead atoms. The van der Waals surface area contributed by atoms with Crippen LogP contribution in [0.1, 0.15) is 41.0 Å². The maximum Gasteiger partial charge on any atom is 0.141 e. The maximum atomic E-state index is 13.8. The van der Waals surface area contributed by atoms with Gasteiger partial charge in [-0.3, -0.25) is 9.89 Å². The van der Waals surface area contributed by atoms with Gasteiger partial charge < -0.3 is 4.74 Å². The third-order valence-corrected chi connectivity index (χ3v) is 5.44. The van der Waals surface area contributed by atoms with Crippen LogP contribution in [0.25, 0.3) is 0 Å². The van der Waals surface area contributed by atoms with Crippen molar-refractivity contribution >= 4 is 6.21 Å². The summed E-state index contributed by atoms with van der Waals surface area (Å²) in [6.07, 6.45) is 3.40. The Labute approximate surface area is 131 Å². The van der Waals surface area contributed by atoms with Crippen LogP contribution in [0, 0.1) is 6.92 Å². The number of hydrogen-bond donors (Lipinski definition) is 0. The number of ether oxygens (including phenoxy) is 1. The van der Waals surface area contributed by atoms with Crippen LogP contribution in [0.3, 0.4) is 0 Å². The van der Waals surface area contributed by atoms with Crippen molar-refractivity contribution in [3.63, 3.8) is 0 Å². The number of likely N-dealkylation sites (tertiary alicyclic amines) is 1. The Hall–Kier alpha value is -1.26. The van der Waals surface area contributed by atoms with E-state index in [2.05, 4.69) is 28.9 Å². The van der Waals surface area contributed by atoms with Gasteiger partial charge >= 0.3 is 0 Å². The third kappa shape index (κ3) is 2.48. The second kappa shape index (κ2) is 5.74. The van der Waals surface area contributed by atoms with E-state index in [1.165, 1.54) is 22.3 Å². The van der Waals surface area contributed by atoms with Crippen LogP contribution in [0.15, 0.2) is 17.1 Å². The van der Waals surface area contributed by atoms with E-state index in [9.17, 15) is 4.39 Å². The van der Waals surface area contributed by atoms with E-state index in [4.69, 9.17) is 4.74 Å². The van der Waals surface area contributed by atoms with Gasteiger partial charge in [0.25, 0.3) is 0 Å². The third-order valence-electron chi connectivity index (χ3n) is 5.44. The summed E-state index contributed by atoms with van der Waals surface area (Å²) in [5.41, 5.74) is 5.49. The van der Waals surface area contributed by atoms with Gasteiger partial charge in [-0.15, -0.1) is 0 Å². The molecule has 3 heterocycles. The SMILES string of the molecule is Cc1cc2c(cc1C1CCN(C3COCC3F)CC1)CN=C2. The first-order chi connectivity index (χ1) is 10.7. The van der Waals surface area contributed by atoms with Crippen LogP contribution < -0.4 is 0 Å². The van der Waals surface area contributed by atoms with E-state index in [-0.39, 0.29) is 12.6 Å². The first-order valence-electron chi connectivity index (χ1n) is 8.31. The molecule has 4 rings (SSSR count). The Morgan fingerprint density at radius 2 is 2.05 bits per heavy atom. The largest absolute Gasteiger partial charge is 0.377 e. The van der Waals surface area contributed by atoms with Crippen molar-refractivity contribution in [2.45, 2.75) is 44.4 Å². The van der Waals surface area contributed by atoms with Crippen molar-refractivity contribution in [2.75, 3.05) is 26.3 Å². The number of nitrogens with zero attached hydrogens (tertiary/aromatic N) is 2. The first-order valence-corrected chi connectivity index (χ1v) is 8.31. The van der Waals surface area contributed by atoms with Crippen molar-refractivity contribution in [1.29, 1.82) is 0 Å². The van der Waals surface area contributed by atoms with Gasteiger partial charge in [-0.25, -0.2) is 4.39 Å². The fourth-order valence-corrected chi connectivity index (χ4v) is 4.13. The molecule has 118 valence electrons. The molecule has 3 nitrogen and oxygen atoms in total. The molecular formula is C18H23FN2O. The molecule has 2 unspecified atom stereocenters. The van der Waals surface area contributed by atoms with Gasteiger partial charge in [0.2, 0.25) is 0 Å². The average Bonchev–Trinajstić information content (AvgIpc) is 3.15. The highest BCUT2D eigenvalue weighted by Crippen LogP contribution is 2.34. The van der Waals surface area contributed by atoms with E-state index >= 15 is 0 Å². The molecule has 2 fully saturated rings. The van der Waals surface area contributed by atoms with Crippen LogP contribution in [-0.2, 0) is 11.3 Å². The minimum Gasteiger partial charge on any atom is -0.377 e. The molecule has 4 heteroatoms. The Kier molecular flexibility index (Phi) is 3.74. The summed E-state index contributed by atoms with van der Waals surface area (Å²) in [7, 11) is 0. The molecule has 0 saturated carbocycles. The lowest BCUT2D eigenvalue weighted by atomic mass is 9.84. The smallest absolute Gasteiger partial charge is 0.141 e. The molecule has 0 spiro atoms. The quantitative estimate of drug-likeness (QED) is 0.839. The van der Waals surface area contributed by atoms with Crippen LogP contribution in [0.4, 0.5) is 4.39 Å². The summed E-state index contributed by atoms with van der Waals surface area (Å²) in [6.45, 7) is 5.81. The minimum absolute atomic E-state index is 0.0181. The van der Waals surface area contributed by atoms with Gasteiger partial charge in [-0.05, 0) is 67.1 Å². The van der Waals surface area contributed by atoms with Crippen LogP contribution in [-0.4, -0.2) is 49.6 Å². The number of fused-ring (bicyclic) bond motifs is 1. The summed E-state index contributed by atoms with van der Waals surface area (Å²) in [6, 6.07) is 4.61. The highest BCUT2D eigenvalue weighted by atomic mass is 19.1. The molecule has 2 saturated heterocycles. The summed E-state index contributed by atoms with van der Waals surface area (Å²) < 4.78 is 19.1. The molecule has 1 aromatic rings. The Morgan fingerprint density at radius 3 is 2.77 bits per heavy atom. The van der Waals surface area contributed by atoms with Gasteiger partial charge in [0.1, 0.15) is 6.17 Å². The van der Waals surface area contributed by atoms with Crippen molar-refractivity contribution in [3.8, 4) is 0 Å². The molecule has 3 aliphatic rings. The molecule has 0 amide bonds. The Balaban J connectivity index is 1.46. The molecule has 0 radical (unpaired) electrons. The lowest BCUT2D eigenvalue weighted by Crippen LogP contribution is -2.45. The molecular weight excluding hydrogens is 279 g/mol. The molecule has 0 N–H and O–H groups in total. The standard InChI is InChI=1S/C18H23FN2O/c1-12-6-14-8-20-9-15(14)7-16(12)13-2-4-21(5-3-13)18-11-22-10-17(18)19/h6-8,13,17-18H,2-5,9-11H2,1H3. The maximum absolute atomic E-state index is 13.8. The zero-order valence-corrected chi connectivity index (χ0v) is 13.1. The number of aryl methyl sites for hydroxylation is 1. The number of rotatable bonds is 2. The van der Waals surface area contributed by atoms with E-state index in [1.807, 2.05) is 6.21 Å². The van der Waals surface area contributed by atoms with Crippen LogP contribution >= 0.6 is 0 Å². The second-order valence-electron chi connectivity index (χ2n) is 6.81. The van der Waals surface area contributed by atoms with Crippen molar-refractivity contribution < 1.29 is 9.13 Å². The highest BCUT2D eigenvalue weighted by molar-refractivity contribution is 5.85. The zero-order valence-electron chi connectivity index (χ0n) is 13.1. The fraction of sp³-hybridized carbons (Fsp3) is 0.611. The van der Waals surface area contributed by atoms with Gasteiger partial charge in [0.15, 0.2) is 0 Å². The number of hydrogen-bond acceptors (Lipinski definition) is 3. The van der Waals surface area contributed by atoms with Crippen LogP contribution in [0.5, 0.6) is 0 Å². The normalized spacial score (nSPS) is 29.2. The predicted octanol–water partition coefficient (Wildman–Crippen LogP) is 2.84. The number of piperidine rings is 1. The number of benzene rings is 1. The molecule has 1 aromatic carbocycles. The number of alkyl halides is 1. The topological polar surface area (TPSA) is 24.8 Å². The summed E-state index contributed by atoms with van der Waals surface area (Å²) >= 11 is 0. The lowest BCUT2D eigenvalue weighted by molar-refractivity contribution is 0.106. The fourth-order valence-electron chi connectivity index (χ4n) is 4.13. The monoisotopic (exact) mass is 302 g/mol. The van der Waals surface area contributed by atoms with Gasteiger partial charge in [0, 0.05) is 6.21 Å². The Morgan fingerprint density at radius 1 is 1.23 bits per heavy atom. The molecule has 0 aromatic heterocycles. The number of halogens is 1.